The zero-order chi connectivity index (χ0) is 12.5. The van der Waals surface area contributed by atoms with E-state index in [4.69, 9.17) is 5.73 Å². The predicted octanol–water partition coefficient (Wildman–Crippen LogP) is 2.46. The number of halogens is 1. The lowest BCUT2D eigenvalue weighted by Crippen LogP contribution is -2.05. The second-order valence-electron chi connectivity index (χ2n) is 3.37. The minimum absolute atomic E-state index is 0.0901. The number of nitrogens with zero attached hydrogens (tertiary/aromatic N) is 1. The Labute approximate surface area is 112 Å². The number of thiazole rings is 1. The van der Waals surface area contributed by atoms with E-state index in [-0.39, 0.29) is 10.6 Å². The third kappa shape index (κ3) is 2.85. The van der Waals surface area contributed by atoms with Gasteiger partial charge in [-0.1, -0.05) is 0 Å². The first-order valence-electron chi connectivity index (χ1n) is 4.65. The Morgan fingerprint density at radius 2 is 2.18 bits per heavy atom. The summed E-state index contributed by atoms with van der Waals surface area (Å²) >= 11 is 4.53. The maximum Gasteiger partial charge on any atom is 0.186 e. The summed E-state index contributed by atoms with van der Waals surface area (Å²) in [5, 5.41) is 2.33. The van der Waals surface area contributed by atoms with Crippen molar-refractivity contribution in [2.24, 2.45) is 0 Å². The van der Waals surface area contributed by atoms with Crippen molar-refractivity contribution in [1.82, 2.24) is 4.98 Å². The Bertz CT molecular complexity index is 624. The minimum atomic E-state index is -3.39. The second-order valence-corrected chi connectivity index (χ2v) is 7.17. The van der Waals surface area contributed by atoms with E-state index in [1.165, 1.54) is 17.4 Å². The molecule has 0 radical (unpaired) electrons. The average molecular weight is 333 g/mol. The molecule has 0 aliphatic heterocycles. The molecule has 0 amide bonds. The molecule has 7 heteroatoms. The van der Waals surface area contributed by atoms with E-state index in [1.807, 2.05) is 0 Å². The molecule has 17 heavy (non-hydrogen) atoms. The van der Waals surface area contributed by atoms with Crippen molar-refractivity contribution in [2.45, 2.75) is 10.6 Å². The molecule has 1 aromatic carbocycles. The number of anilines is 1. The molecule has 4 nitrogen and oxygen atoms in total. The van der Waals surface area contributed by atoms with Gasteiger partial charge in [0.15, 0.2) is 9.84 Å². The molecule has 0 bridgehead atoms. The highest BCUT2D eigenvalue weighted by atomic mass is 79.9. The molecule has 0 aliphatic rings. The molecule has 2 aromatic rings. The number of rotatable bonds is 3. The number of nitrogens with two attached hydrogens (primary N) is 1. The van der Waals surface area contributed by atoms with E-state index >= 15 is 0 Å². The van der Waals surface area contributed by atoms with Crippen LogP contribution >= 0.6 is 27.3 Å². The van der Waals surface area contributed by atoms with Crippen molar-refractivity contribution in [2.75, 3.05) is 5.73 Å². The molecule has 90 valence electrons. The van der Waals surface area contributed by atoms with Crippen LogP contribution in [0.25, 0.3) is 0 Å². The first kappa shape index (κ1) is 12.5. The van der Waals surface area contributed by atoms with E-state index in [0.717, 1.165) is 0 Å². The number of hydrogen-bond acceptors (Lipinski definition) is 5. The molecule has 1 aromatic heterocycles. The fourth-order valence-corrected chi connectivity index (χ4v) is 4.79. The molecule has 1 heterocycles. The van der Waals surface area contributed by atoms with Gasteiger partial charge in [-0.3, -0.25) is 0 Å². The molecule has 0 aliphatic carbocycles. The Kier molecular flexibility index (Phi) is 3.50. The number of sulfone groups is 1. The van der Waals surface area contributed by atoms with Crippen LogP contribution in [-0.4, -0.2) is 13.4 Å². The summed E-state index contributed by atoms with van der Waals surface area (Å²) < 4.78 is 24.7. The van der Waals surface area contributed by atoms with Gasteiger partial charge in [-0.25, -0.2) is 13.4 Å². The molecular formula is C10H9BrN2O2S2. The first-order chi connectivity index (χ1) is 7.99. The van der Waals surface area contributed by atoms with Gasteiger partial charge in [0.1, 0.15) is 10.8 Å². The summed E-state index contributed by atoms with van der Waals surface area (Å²) in [5.41, 5.74) is 6.09. The monoisotopic (exact) mass is 332 g/mol. The highest BCUT2D eigenvalue weighted by molar-refractivity contribution is 9.10. The summed E-state index contributed by atoms with van der Waals surface area (Å²) in [7, 11) is -3.39. The third-order valence-electron chi connectivity index (χ3n) is 2.09. The van der Waals surface area contributed by atoms with E-state index in [1.54, 1.807) is 23.7 Å². The zero-order valence-electron chi connectivity index (χ0n) is 8.63. The fourth-order valence-electron chi connectivity index (χ4n) is 1.33. The number of hydrogen-bond donors (Lipinski definition) is 1. The Hall–Kier alpha value is -0.920. The smallest absolute Gasteiger partial charge is 0.186 e. The van der Waals surface area contributed by atoms with Crippen LogP contribution in [0.15, 0.2) is 39.1 Å². The standard InChI is InChI=1S/C10H9BrN2O2S2/c11-8-5-7(12)1-2-9(8)17(14,15)6-10-13-3-4-16-10/h1-5H,6,12H2. The Morgan fingerprint density at radius 1 is 1.41 bits per heavy atom. The quantitative estimate of drug-likeness (QED) is 0.876. The van der Waals surface area contributed by atoms with Gasteiger partial charge >= 0.3 is 0 Å². The van der Waals surface area contributed by atoms with Gasteiger partial charge < -0.3 is 5.73 Å². The number of benzene rings is 1. The van der Waals surface area contributed by atoms with Crippen molar-refractivity contribution in [3.05, 3.63) is 39.3 Å². The van der Waals surface area contributed by atoms with Crippen molar-refractivity contribution < 1.29 is 8.42 Å². The maximum atomic E-state index is 12.1. The molecule has 2 rings (SSSR count). The van der Waals surface area contributed by atoms with Crippen LogP contribution in [-0.2, 0) is 15.6 Å². The molecule has 0 fully saturated rings. The van der Waals surface area contributed by atoms with Crippen LogP contribution in [0.4, 0.5) is 5.69 Å². The Balaban J connectivity index is 2.38. The van der Waals surface area contributed by atoms with E-state index in [9.17, 15) is 8.42 Å². The summed E-state index contributed by atoms with van der Waals surface area (Å²) in [6.07, 6.45) is 1.59. The van der Waals surface area contributed by atoms with Gasteiger partial charge in [-0.05, 0) is 34.1 Å². The lowest BCUT2D eigenvalue weighted by molar-refractivity contribution is 0.594. The van der Waals surface area contributed by atoms with Gasteiger partial charge in [0.2, 0.25) is 0 Å². The minimum Gasteiger partial charge on any atom is -0.399 e. The van der Waals surface area contributed by atoms with Gasteiger partial charge in [0.05, 0.1) is 4.90 Å². The average Bonchev–Trinajstić information content (AvgIpc) is 2.68. The van der Waals surface area contributed by atoms with E-state index < -0.39 is 9.84 Å². The lowest BCUT2D eigenvalue weighted by atomic mass is 10.3. The predicted molar refractivity (Wildman–Crippen MR) is 71.6 cm³/mol. The molecule has 0 unspecified atom stereocenters. The van der Waals surface area contributed by atoms with Crippen LogP contribution in [0, 0.1) is 0 Å². The molecule has 0 spiro atoms. The largest absolute Gasteiger partial charge is 0.399 e. The van der Waals surface area contributed by atoms with Crippen molar-refractivity contribution in [1.29, 1.82) is 0 Å². The van der Waals surface area contributed by atoms with Gasteiger partial charge in [0.25, 0.3) is 0 Å². The molecule has 0 saturated heterocycles. The lowest BCUT2D eigenvalue weighted by Gasteiger charge is -2.05. The SMILES string of the molecule is Nc1ccc(S(=O)(=O)Cc2nccs2)c(Br)c1. The van der Waals surface area contributed by atoms with Crippen molar-refractivity contribution in [3.8, 4) is 0 Å². The highest BCUT2D eigenvalue weighted by Crippen LogP contribution is 2.27. The Morgan fingerprint density at radius 3 is 2.76 bits per heavy atom. The second kappa shape index (κ2) is 4.75. The molecular weight excluding hydrogens is 324 g/mol. The molecule has 0 saturated carbocycles. The van der Waals surface area contributed by atoms with E-state index in [0.29, 0.717) is 15.2 Å². The van der Waals surface area contributed by atoms with Crippen LogP contribution < -0.4 is 5.73 Å². The fraction of sp³-hybridized carbons (Fsp3) is 0.100. The van der Waals surface area contributed by atoms with Crippen LogP contribution in [0.5, 0.6) is 0 Å². The first-order valence-corrected chi connectivity index (χ1v) is 7.98. The maximum absolute atomic E-state index is 12.1. The molecule has 0 atom stereocenters. The summed E-state index contributed by atoms with van der Waals surface area (Å²) in [6, 6.07) is 4.65. The number of aromatic nitrogens is 1. The number of nitrogen functional groups attached to an aromatic ring is 1. The van der Waals surface area contributed by atoms with Gasteiger partial charge in [-0.2, -0.15) is 0 Å². The van der Waals surface area contributed by atoms with Gasteiger partial charge in [0, 0.05) is 21.7 Å². The summed E-state index contributed by atoms with van der Waals surface area (Å²) in [5.74, 6) is -0.0901. The van der Waals surface area contributed by atoms with Crippen LogP contribution in [0.3, 0.4) is 0 Å². The van der Waals surface area contributed by atoms with Crippen LogP contribution in [0.1, 0.15) is 5.01 Å². The third-order valence-corrected chi connectivity index (χ3v) is 5.65. The van der Waals surface area contributed by atoms with Crippen LogP contribution in [0.2, 0.25) is 0 Å². The summed E-state index contributed by atoms with van der Waals surface area (Å²) in [6.45, 7) is 0. The normalized spacial score (nSPS) is 11.6. The topological polar surface area (TPSA) is 73.1 Å². The zero-order valence-corrected chi connectivity index (χ0v) is 11.8. The molecule has 2 N–H and O–H groups in total. The summed E-state index contributed by atoms with van der Waals surface area (Å²) in [4.78, 5) is 4.21. The highest BCUT2D eigenvalue weighted by Gasteiger charge is 2.19. The van der Waals surface area contributed by atoms with Crippen molar-refractivity contribution >= 4 is 42.8 Å². The van der Waals surface area contributed by atoms with Crippen molar-refractivity contribution in [3.63, 3.8) is 0 Å². The van der Waals surface area contributed by atoms with Gasteiger partial charge in [-0.15, -0.1) is 11.3 Å². The van der Waals surface area contributed by atoms with E-state index in [2.05, 4.69) is 20.9 Å².